The van der Waals surface area contributed by atoms with Crippen LogP contribution in [0.25, 0.3) is 17.0 Å². The van der Waals surface area contributed by atoms with Crippen molar-refractivity contribution < 1.29 is 9.59 Å². The first-order valence-corrected chi connectivity index (χ1v) is 12.7. The van der Waals surface area contributed by atoms with E-state index in [-0.39, 0.29) is 18.0 Å². The van der Waals surface area contributed by atoms with Gasteiger partial charge in [-0.1, -0.05) is 34.8 Å². The van der Waals surface area contributed by atoms with Crippen molar-refractivity contribution in [1.29, 1.82) is 5.26 Å². The number of nitrogens with one attached hydrogen (secondary N) is 1. The van der Waals surface area contributed by atoms with Crippen LogP contribution in [0.15, 0.2) is 52.0 Å². The van der Waals surface area contributed by atoms with E-state index >= 15 is 0 Å². The molecule has 0 unspecified atom stereocenters. The van der Waals surface area contributed by atoms with Crippen LogP contribution >= 0.6 is 27.3 Å². The molecule has 1 saturated heterocycles. The summed E-state index contributed by atoms with van der Waals surface area (Å²) in [5.41, 5.74) is 1.66. The lowest BCUT2D eigenvalue weighted by Gasteiger charge is -2.20. The first kappa shape index (κ1) is 23.3. The van der Waals surface area contributed by atoms with Crippen molar-refractivity contribution in [2.75, 3.05) is 13.1 Å². The Labute approximate surface area is 205 Å². The Morgan fingerprint density at radius 2 is 1.97 bits per heavy atom. The maximum absolute atomic E-state index is 13.0. The zero-order chi connectivity index (χ0) is 23.2. The first-order chi connectivity index (χ1) is 16.0. The largest absolute Gasteiger partial charge is 0.347 e. The zero-order valence-electron chi connectivity index (χ0n) is 18.2. The Hall–Kier alpha value is -2.89. The third kappa shape index (κ3) is 5.73. The minimum absolute atomic E-state index is 0.0319. The van der Waals surface area contributed by atoms with Gasteiger partial charge in [0, 0.05) is 45.1 Å². The van der Waals surface area contributed by atoms with Crippen molar-refractivity contribution in [2.24, 2.45) is 0 Å². The maximum Gasteiger partial charge on any atom is 0.262 e. The molecule has 33 heavy (non-hydrogen) atoms. The lowest BCUT2D eigenvalue weighted by Crippen LogP contribution is -2.34. The van der Waals surface area contributed by atoms with Crippen molar-refractivity contribution in [1.82, 2.24) is 14.8 Å². The van der Waals surface area contributed by atoms with Gasteiger partial charge in [-0.3, -0.25) is 9.59 Å². The van der Waals surface area contributed by atoms with Gasteiger partial charge in [0.15, 0.2) is 0 Å². The van der Waals surface area contributed by atoms with E-state index in [1.54, 1.807) is 17.4 Å². The lowest BCUT2D eigenvalue weighted by atomic mass is 10.1. The van der Waals surface area contributed by atoms with E-state index in [0.29, 0.717) is 6.54 Å². The van der Waals surface area contributed by atoms with Crippen molar-refractivity contribution in [3.63, 3.8) is 0 Å². The molecule has 6 nitrogen and oxygen atoms in total. The molecule has 8 heteroatoms. The third-order valence-corrected chi connectivity index (χ3v) is 7.18. The van der Waals surface area contributed by atoms with Crippen LogP contribution in [-0.2, 0) is 22.7 Å². The molecule has 1 fully saturated rings. The number of amides is 2. The molecule has 3 heterocycles. The smallest absolute Gasteiger partial charge is 0.262 e. The molecule has 170 valence electrons. The van der Waals surface area contributed by atoms with Gasteiger partial charge in [-0.15, -0.1) is 11.3 Å². The normalized spacial score (nSPS) is 14.7. The molecule has 0 atom stereocenters. The van der Waals surface area contributed by atoms with Gasteiger partial charge in [0.1, 0.15) is 18.2 Å². The number of likely N-dealkylation sites (tertiary alicyclic amines) is 1. The minimum atomic E-state index is -0.414. The van der Waals surface area contributed by atoms with Crippen LogP contribution in [0.4, 0.5) is 0 Å². The standard InChI is InChI=1S/C25H25BrN4O2S/c26-20-7-8-23-22(13-20)19(12-18(14-27)25(32)28-15-21-6-5-11-33-21)16-30(23)17-24(31)29-9-3-1-2-4-10-29/h5-8,11-13,16H,1-4,9-10,15,17H2,(H,28,32)/b18-12+. The van der Waals surface area contributed by atoms with Gasteiger partial charge >= 0.3 is 0 Å². The third-order valence-electron chi connectivity index (χ3n) is 5.81. The summed E-state index contributed by atoms with van der Waals surface area (Å²) >= 11 is 5.06. The van der Waals surface area contributed by atoms with Crippen LogP contribution < -0.4 is 5.32 Å². The summed E-state index contributed by atoms with van der Waals surface area (Å²) < 4.78 is 2.81. The number of rotatable bonds is 6. The Morgan fingerprint density at radius 3 is 2.67 bits per heavy atom. The molecule has 2 aromatic heterocycles. The average molecular weight is 525 g/mol. The molecule has 0 bridgehead atoms. The van der Waals surface area contributed by atoms with Gasteiger partial charge in [-0.2, -0.15) is 5.26 Å². The van der Waals surface area contributed by atoms with E-state index in [1.807, 2.05) is 57.4 Å². The molecule has 2 amide bonds. The van der Waals surface area contributed by atoms with Gasteiger partial charge < -0.3 is 14.8 Å². The second-order valence-corrected chi connectivity index (χ2v) is 10.0. The number of carbonyl (C=O) groups excluding carboxylic acids is 2. The number of thiophene rings is 1. The fourth-order valence-electron chi connectivity index (χ4n) is 4.09. The van der Waals surface area contributed by atoms with E-state index in [1.165, 1.54) is 12.8 Å². The highest BCUT2D eigenvalue weighted by Gasteiger charge is 2.18. The Bertz CT molecular complexity index is 1220. The van der Waals surface area contributed by atoms with Crippen LogP contribution in [-0.4, -0.2) is 34.4 Å². The average Bonchev–Trinajstić information content (AvgIpc) is 3.34. The van der Waals surface area contributed by atoms with Gasteiger partial charge in [0.2, 0.25) is 5.91 Å². The highest BCUT2D eigenvalue weighted by atomic mass is 79.9. The van der Waals surface area contributed by atoms with Crippen LogP contribution in [0, 0.1) is 11.3 Å². The van der Waals surface area contributed by atoms with Gasteiger partial charge in [-0.05, 0) is 48.6 Å². The molecule has 0 spiro atoms. The minimum Gasteiger partial charge on any atom is -0.347 e. The zero-order valence-corrected chi connectivity index (χ0v) is 20.6. The molecule has 4 rings (SSSR count). The summed E-state index contributed by atoms with van der Waals surface area (Å²) in [4.78, 5) is 28.6. The topological polar surface area (TPSA) is 78.1 Å². The van der Waals surface area contributed by atoms with Crippen LogP contribution in [0.1, 0.15) is 36.1 Å². The Balaban J connectivity index is 1.60. The summed E-state index contributed by atoms with van der Waals surface area (Å²) in [5.74, 6) is -0.316. The maximum atomic E-state index is 13.0. The number of halogens is 1. The van der Waals surface area contributed by atoms with Crippen LogP contribution in [0.5, 0.6) is 0 Å². The van der Waals surface area contributed by atoms with E-state index in [2.05, 4.69) is 21.2 Å². The van der Waals surface area contributed by atoms with Crippen molar-refractivity contribution in [3.8, 4) is 6.07 Å². The summed E-state index contributed by atoms with van der Waals surface area (Å²) in [5, 5.41) is 15.3. The van der Waals surface area contributed by atoms with E-state index in [9.17, 15) is 14.9 Å². The number of aromatic nitrogens is 1. The first-order valence-electron chi connectivity index (χ1n) is 11.0. The number of hydrogen-bond acceptors (Lipinski definition) is 4. The van der Waals surface area contributed by atoms with Crippen LogP contribution in [0.3, 0.4) is 0 Å². The number of carbonyl (C=O) groups is 2. The predicted molar refractivity (Wildman–Crippen MR) is 134 cm³/mol. The molecular formula is C25H25BrN4O2S. The SMILES string of the molecule is N#C/C(=C\c1cn(CC(=O)N2CCCCCC2)c2ccc(Br)cc12)C(=O)NCc1cccs1. The number of fused-ring (bicyclic) bond motifs is 1. The number of benzene rings is 1. The summed E-state index contributed by atoms with van der Waals surface area (Å²) in [6, 6.07) is 11.7. The molecule has 1 N–H and O–H groups in total. The molecule has 1 aliphatic heterocycles. The molecule has 0 aliphatic carbocycles. The highest BCUT2D eigenvalue weighted by molar-refractivity contribution is 9.10. The summed E-state index contributed by atoms with van der Waals surface area (Å²) in [6.07, 6.45) is 7.90. The Kier molecular flexibility index (Phi) is 7.63. The van der Waals surface area contributed by atoms with E-state index < -0.39 is 5.91 Å². The van der Waals surface area contributed by atoms with Crippen molar-refractivity contribution in [3.05, 3.63) is 62.4 Å². The Morgan fingerprint density at radius 1 is 1.18 bits per heavy atom. The van der Waals surface area contributed by atoms with E-state index in [0.717, 1.165) is 51.7 Å². The quantitative estimate of drug-likeness (QED) is 0.360. The number of nitriles is 1. The molecule has 3 aromatic rings. The monoisotopic (exact) mass is 524 g/mol. The molecule has 1 aromatic carbocycles. The fourth-order valence-corrected chi connectivity index (χ4v) is 5.09. The second kappa shape index (κ2) is 10.8. The molecule has 0 radical (unpaired) electrons. The molecular weight excluding hydrogens is 500 g/mol. The van der Waals surface area contributed by atoms with Gasteiger partial charge in [0.05, 0.1) is 6.54 Å². The van der Waals surface area contributed by atoms with Gasteiger partial charge in [-0.25, -0.2) is 0 Å². The predicted octanol–water partition coefficient (Wildman–Crippen LogP) is 5.09. The number of nitrogens with zero attached hydrogens (tertiary/aromatic N) is 3. The fraction of sp³-hybridized carbons (Fsp3) is 0.320. The summed E-state index contributed by atoms with van der Waals surface area (Å²) in [7, 11) is 0. The lowest BCUT2D eigenvalue weighted by molar-refractivity contribution is -0.131. The number of hydrogen-bond donors (Lipinski definition) is 1. The van der Waals surface area contributed by atoms with Crippen LogP contribution in [0.2, 0.25) is 0 Å². The second-order valence-electron chi connectivity index (χ2n) is 8.10. The molecule has 0 saturated carbocycles. The summed E-state index contributed by atoms with van der Waals surface area (Å²) in [6.45, 7) is 2.23. The van der Waals surface area contributed by atoms with E-state index in [4.69, 9.17) is 0 Å². The van der Waals surface area contributed by atoms with Crippen molar-refractivity contribution in [2.45, 2.75) is 38.8 Å². The van der Waals surface area contributed by atoms with Crippen molar-refractivity contribution >= 4 is 56.1 Å². The van der Waals surface area contributed by atoms with Gasteiger partial charge in [0.25, 0.3) is 5.91 Å². The highest BCUT2D eigenvalue weighted by Crippen LogP contribution is 2.27. The molecule has 1 aliphatic rings.